The van der Waals surface area contributed by atoms with Crippen molar-refractivity contribution < 1.29 is 38.0 Å². The molecular formula is C42H43N5O8. The van der Waals surface area contributed by atoms with Crippen molar-refractivity contribution in [2.75, 3.05) is 35.0 Å². The van der Waals surface area contributed by atoms with Crippen LogP contribution in [0, 0.1) is 0 Å². The molecule has 0 amide bonds. The minimum atomic E-state index is -0.789. The lowest BCUT2D eigenvalue weighted by Crippen LogP contribution is -2.34. The third-order valence-corrected chi connectivity index (χ3v) is 8.96. The molecule has 2 N–H and O–H groups in total. The Morgan fingerprint density at radius 2 is 1.53 bits per heavy atom. The van der Waals surface area contributed by atoms with Crippen molar-refractivity contribution in [3.63, 3.8) is 0 Å². The first-order chi connectivity index (χ1) is 26.7. The van der Waals surface area contributed by atoms with E-state index in [9.17, 15) is 9.59 Å². The molecule has 0 bridgehead atoms. The van der Waals surface area contributed by atoms with Gasteiger partial charge in [-0.2, -0.15) is 0 Å². The van der Waals surface area contributed by atoms with Gasteiger partial charge in [-0.25, -0.2) is 9.48 Å². The van der Waals surface area contributed by atoms with E-state index in [0.29, 0.717) is 53.6 Å². The maximum absolute atomic E-state index is 13.3. The Kier molecular flexibility index (Phi) is 12.1. The Bertz CT molecular complexity index is 2300. The molecule has 13 heteroatoms. The van der Waals surface area contributed by atoms with Crippen LogP contribution in [0.4, 0.5) is 0 Å². The largest absolute Gasteiger partial charge is 0.493 e. The van der Waals surface area contributed by atoms with E-state index in [0.717, 1.165) is 33.2 Å². The van der Waals surface area contributed by atoms with E-state index in [1.165, 1.54) is 7.11 Å². The first kappa shape index (κ1) is 38.1. The summed E-state index contributed by atoms with van der Waals surface area (Å²) in [6.07, 6.45) is 8.27. The summed E-state index contributed by atoms with van der Waals surface area (Å²) in [4.78, 5) is 26.0. The van der Waals surface area contributed by atoms with Crippen molar-refractivity contribution >= 4 is 35.0 Å². The molecule has 2 aromatic heterocycles. The summed E-state index contributed by atoms with van der Waals surface area (Å²) in [6.45, 7) is 0.474. The van der Waals surface area contributed by atoms with Gasteiger partial charge in [-0.1, -0.05) is 53.8 Å². The number of benzene rings is 4. The van der Waals surface area contributed by atoms with Crippen molar-refractivity contribution in [1.82, 2.24) is 19.6 Å². The van der Waals surface area contributed by atoms with Crippen LogP contribution in [-0.2, 0) is 36.0 Å². The highest BCUT2D eigenvalue weighted by molar-refractivity contribution is 5.92. The van der Waals surface area contributed by atoms with Gasteiger partial charge in [0.25, 0.3) is 0 Å². The van der Waals surface area contributed by atoms with Gasteiger partial charge in [0.1, 0.15) is 6.04 Å². The standard InChI is InChI=1S/C42H43N5O8/c1-46-25-31(33-11-6-7-12-35(33)46)23-34(43)42(49)54-18-17-32-26-47(45-44-32)24-29-9-8-10-30(19-29)41(48)55-37-20-27(15-16-36(37)50-2)13-14-28-21-38(51-3)40(53-5)39(22-28)52-4/h6-16,19-22,25-26,34H,17-18,23-24,43H2,1-5H3/b14-13-/t34-/m0/s1. The maximum Gasteiger partial charge on any atom is 0.343 e. The van der Waals surface area contributed by atoms with Gasteiger partial charge >= 0.3 is 11.9 Å². The lowest BCUT2D eigenvalue weighted by atomic mass is 10.1. The number of hydrogen-bond acceptors (Lipinski definition) is 11. The van der Waals surface area contributed by atoms with Crippen LogP contribution in [0.1, 0.15) is 38.3 Å². The molecule has 0 spiro atoms. The summed E-state index contributed by atoms with van der Waals surface area (Å²) in [6, 6.07) is 23.3. The predicted molar refractivity (Wildman–Crippen MR) is 208 cm³/mol. The average molecular weight is 746 g/mol. The van der Waals surface area contributed by atoms with Gasteiger partial charge in [0.05, 0.1) is 52.8 Å². The third-order valence-electron chi connectivity index (χ3n) is 8.96. The summed E-state index contributed by atoms with van der Waals surface area (Å²) in [7, 11) is 8.15. The van der Waals surface area contributed by atoms with Crippen LogP contribution < -0.4 is 29.4 Å². The summed E-state index contributed by atoms with van der Waals surface area (Å²) >= 11 is 0. The highest BCUT2D eigenvalue weighted by atomic mass is 16.6. The van der Waals surface area contributed by atoms with Gasteiger partial charge in [-0.3, -0.25) is 4.79 Å². The number of aryl methyl sites for hydroxylation is 1. The van der Waals surface area contributed by atoms with E-state index in [4.69, 9.17) is 34.2 Å². The van der Waals surface area contributed by atoms with Crippen molar-refractivity contribution in [2.45, 2.75) is 25.4 Å². The minimum Gasteiger partial charge on any atom is -0.493 e. The molecule has 0 aliphatic heterocycles. The molecule has 0 aliphatic carbocycles. The van der Waals surface area contributed by atoms with Gasteiger partial charge in [0.15, 0.2) is 23.0 Å². The molecule has 1 atom stereocenters. The Labute approximate surface area is 318 Å². The molecule has 284 valence electrons. The highest BCUT2D eigenvalue weighted by Gasteiger charge is 2.19. The third kappa shape index (κ3) is 9.14. The van der Waals surface area contributed by atoms with Crippen molar-refractivity contribution in [3.8, 4) is 28.7 Å². The van der Waals surface area contributed by atoms with Crippen LogP contribution in [0.5, 0.6) is 28.7 Å². The molecule has 0 saturated heterocycles. The second kappa shape index (κ2) is 17.5. The van der Waals surface area contributed by atoms with Crippen LogP contribution in [0.3, 0.4) is 0 Å². The normalized spacial score (nSPS) is 11.7. The van der Waals surface area contributed by atoms with Gasteiger partial charge in [-0.15, -0.1) is 5.10 Å². The number of carbonyl (C=O) groups is 2. The first-order valence-corrected chi connectivity index (χ1v) is 17.5. The zero-order valence-corrected chi connectivity index (χ0v) is 31.4. The smallest absolute Gasteiger partial charge is 0.343 e. The number of nitrogens with zero attached hydrogens (tertiary/aromatic N) is 4. The van der Waals surface area contributed by atoms with Crippen LogP contribution in [0.15, 0.2) is 91.3 Å². The number of esters is 2. The number of carbonyl (C=O) groups excluding carboxylic acids is 2. The monoisotopic (exact) mass is 745 g/mol. The molecular weight excluding hydrogens is 702 g/mol. The van der Waals surface area contributed by atoms with E-state index < -0.39 is 18.0 Å². The van der Waals surface area contributed by atoms with Crippen LogP contribution in [0.25, 0.3) is 23.1 Å². The molecule has 0 unspecified atom stereocenters. The molecule has 0 aliphatic rings. The van der Waals surface area contributed by atoms with E-state index in [2.05, 4.69) is 10.3 Å². The quantitative estimate of drug-likeness (QED) is 0.0717. The predicted octanol–water partition coefficient (Wildman–Crippen LogP) is 5.90. The fraction of sp³-hybridized carbons (Fsp3) is 0.238. The number of hydrogen-bond donors (Lipinski definition) is 1. The molecule has 6 aromatic rings. The molecule has 0 saturated carbocycles. The molecule has 55 heavy (non-hydrogen) atoms. The Hall–Kier alpha value is -6.60. The van der Waals surface area contributed by atoms with E-state index >= 15 is 0 Å². The number of rotatable bonds is 16. The highest BCUT2D eigenvalue weighted by Crippen LogP contribution is 2.39. The molecule has 4 aromatic carbocycles. The number of nitrogens with two attached hydrogens (primary N) is 1. The SMILES string of the molecule is COc1ccc(/C=C\c2cc(OC)c(OC)c(OC)c2)cc1OC(=O)c1cccc(Cn2cc(CCOC(=O)[C@@H](N)Cc3cn(C)c4ccccc34)nn2)c1. The van der Waals surface area contributed by atoms with Crippen LogP contribution >= 0.6 is 0 Å². The van der Waals surface area contributed by atoms with E-state index in [1.54, 1.807) is 62.5 Å². The van der Waals surface area contributed by atoms with Gasteiger partial charge in [0.2, 0.25) is 5.75 Å². The summed E-state index contributed by atoms with van der Waals surface area (Å²) in [5, 5.41) is 9.50. The topological polar surface area (TPSA) is 151 Å². The number of aromatic nitrogens is 4. The van der Waals surface area contributed by atoms with Crippen molar-refractivity contribution in [3.05, 3.63) is 125 Å². The zero-order valence-electron chi connectivity index (χ0n) is 31.4. The van der Waals surface area contributed by atoms with Crippen molar-refractivity contribution in [1.29, 1.82) is 0 Å². The fourth-order valence-electron chi connectivity index (χ4n) is 6.21. The Morgan fingerprint density at radius 1 is 0.800 bits per heavy atom. The second-order valence-corrected chi connectivity index (χ2v) is 12.7. The first-order valence-electron chi connectivity index (χ1n) is 17.5. The zero-order chi connectivity index (χ0) is 38.9. The lowest BCUT2D eigenvalue weighted by Gasteiger charge is -2.13. The van der Waals surface area contributed by atoms with Crippen LogP contribution in [0.2, 0.25) is 0 Å². The van der Waals surface area contributed by atoms with E-state index in [1.807, 2.05) is 78.5 Å². The average Bonchev–Trinajstić information content (AvgIpc) is 3.79. The molecule has 0 fully saturated rings. The molecule has 2 heterocycles. The van der Waals surface area contributed by atoms with Crippen molar-refractivity contribution in [2.24, 2.45) is 12.8 Å². The van der Waals surface area contributed by atoms with Gasteiger partial charge in [-0.05, 0) is 64.7 Å². The molecule has 13 nitrogen and oxygen atoms in total. The number of methoxy groups -OCH3 is 4. The Balaban J connectivity index is 1.04. The van der Waals surface area contributed by atoms with Crippen LogP contribution in [-0.4, -0.2) is 72.6 Å². The fourth-order valence-corrected chi connectivity index (χ4v) is 6.21. The molecule has 0 radical (unpaired) electrons. The number of fused-ring (bicyclic) bond motifs is 1. The summed E-state index contributed by atoms with van der Waals surface area (Å²) in [5.41, 5.74) is 11.7. The minimum absolute atomic E-state index is 0.119. The van der Waals surface area contributed by atoms with E-state index in [-0.39, 0.29) is 12.4 Å². The van der Waals surface area contributed by atoms with Gasteiger partial charge in [0, 0.05) is 43.2 Å². The summed E-state index contributed by atoms with van der Waals surface area (Å²) in [5.74, 6) is 1.21. The molecule has 6 rings (SSSR count). The Morgan fingerprint density at radius 3 is 2.27 bits per heavy atom. The second-order valence-electron chi connectivity index (χ2n) is 12.7. The van der Waals surface area contributed by atoms with Gasteiger partial charge < -0.3 is 38.7 Å². The lowest BCUT2D eigenvalue weighted by molar-refractivity contribution is -0.145. The number of ether oxygens (including phenoxy) is 6. The maximum atomic E-state index is 13.3. The number of para-hydroxylation sites is 1. The summed E-state index contributed by atoms with van der Waals surface area (Å²) < 4.78 is 36.8.